The van der Waals surface area contributed by atoms with Crippen molar-refractivity contribution in [1.82, 2.24) is 4.90 Å². The molecule has 150 valence electrons. The van der Waals surface area contributed by atoms with Crippen LogP contribution in [-0.2, 0) is 0 Å². The van der Waals surface area contributed by atoms with E-state index in [1.165, 1.54) is 33.5 Å². The van der Waals surface area contributed by atoms with Gasteiger partial charge in [0, 0.05) is 24.6 Å². The quantitative estimate of drug-likeness (QED) is 0.769. The van der Waals surface area contributed by atoms with E-state index >= 15 is 0 Å². The second kappa shape index (κ2) is 8.95. The Bertz CT molecular complexity index is 797. The molecule has 1 atom stereocenters. The molecule has 1 saturated heterocycles. The molecule has 0 spiro atoms. The zero-order valence-electron chi connectivity index (χ0n) is 16.5. The third kappa shape index (κ3) is 4.21. The number of hydrogen-bond donors (Lipinski definition) is 0. The lowest BCUT2D eigenvalue weighted by atomic mass is 9.94. The van der Waals surface area contributed by atoms with Gasteiger partial charge in [0.25, 0.3) is 5.91 Å². The van der Waals surface area contributed by atoms with E-state index in [-0.39, 0.29) is 17.6 Å². The summed E-state index contributed by atoms with van der Waals surface area (Å²) < 4.78 is 29.3. The fraction of sp³-hybridized carbons (Fsp3) is 0.409. The van der Waals surface area contributed by atoms with Crippen LogP contribution in [0.3, 0.4) is 0 Å². The molecular formula is C22H26FNO4. The van der Waals surface area contributed by atoms with Gasteiger partial charge in [0.1, 0.15) is 5.82 Å². The second-order valence-corrected chi connectivity index (χ2v) is 6.91. The zero-order valence-corrected chi connectivity index (χ0v) is 16.5. The molecular weight excluding hydrogens is 361 g/mol. The molecule has 0 radical (unpaired) electrons. The van der Waals surface area contributed by atoms with Crippen molar-refractivity contribution < 1.29 is 23.4 Å². The van der Waals surface area contributed by atoms with E-state index in [2.05, 4.69) is 0 Å². The fourth-order valence-electron chi connectivity index (χ4n) is 3.72. The number of ether oxygens (including phenoxy) is 3. The second-order valence-electron chi connectivity index (χ2n) is 6.91. The van der Waals surface area contributed by atoms with Gasteiger partial charge in [-0.3, -0.25) is 4.79 Å². The van der Waals surface area contributed by atoms with Gasteiger partial charge in [-0.05, 0) is 42.7 Å². The van der Waals surface area contributed by atoms with Crippen molar-refractivity contribution in [2.24, 2.45) is 0 Å². The molecule has 2 aromatic carbocycles. The minimum Gasteiger partial charge on any atom is -0.493 e. The van der Waals surface area contributed by atoms with E-state index in [0.29, 0.717) is 35.9 Å². The maximum atomic E-state index is 13.3. The summed E-state index contributed by atoms with van der Waals surface area (Å²) in [6.45, 7) is 1.29. The summed E-state index contributed by atoms with van der Waals surface area (Å²) in [4.78, 5) is 15.1. The Morgan fingerprint density at radius 1 is 1.00 bits per heavy atom. The molecule has 0 aliphatic carbocycles. The first-order chi connectivity index (χ1) is 13.6. The van der Waals surface area contributed by atoms with Crippen LogP contribution in [0, 0.1) is 5.82 Å². The fourth-order valence-corrected chi connectivity index (χ4v) is 3.72. The number of likely N-dealkylation sites (tertiary alicyclic amines) is 1. The predicted molar refractivity (Wildman–Crippen MR) is 105 cm³/mol. The van der Waals surface area contributed by atoms with Crippen molar-refractivity contribution in [3.8, 4) is 17.2 Å². The molecule has 0 aromatic heterocycles. The Hall–Kier alpha value is -2.76. The summed E-state index contributed by atoms with van der Waals surface area (Å²) >= 11 is 0. The number of halogens is 1. The number of rotatable bonds is 5. The highest BCUT2D eigenvalue weighted by Crippen LogP contribution is 2.39. The smallest absolute Gasteiger partial charge is 0.254 e. The molecule has 0 N–H and O–H groups in total. The minimum absolute atomic E-state index is 0.0757. The number of carbonyl (C=O) groups excluding carboxylic acids is 1. The molecule has 5 nitrogen and oxygen atoms in total. The third-order valence-electron chi connectivity index (χ3n) is 5.21. The van der Waals surface area contributed by atoms with Gasteiger partial charge in [-0.15, -0.1) is 0 Å². The molecule has 0 bridgehead atoms. The van der Waals surface area contributed by atoms with Crippen LogP contribution >= 0.6 is 0 Å². The first kappa shape index (κ1) is 20.0. The van der Waals surface area contributed by atoms with E-state index in [1.54, 1.807) is 12.1 Å². The zero-order chi connectivity index (χ0) is 20.1. The Kier molecular flexibility index (Phi) is 6.39. The molecule has 6 heteroatoms. The van der Waals surface area contributed by atoms with Crippen LogP contribution in [-0.4, -0.2) is 45.2 Å². The predicted octanol–water partition coefficient (Wildman–Crippen LogP) is 4.26. The van der Waals surface area contributed by atoms with Gasteiger partial charge < -0.3 is 19.1 Å². The highest BCUT2D eigenvalue weighted by molar-refractivity contribution is 5.95. The number of hydrogen-bond acceptors (Lipinski definition) is 4. The number of amides is 1. The van der Waals surface area contributed by atoms with Crippen LogP contribution < -0.4 is 14.2 Å². The lowest BCUT2D eigenvalue weighted by Crippen LogP contribution is -2.34. The molecule has 2 aromatic rings. The maximum absolute atomic E-state index is 13.3. The normalized spacial score (nSPS) is 17.0. The molecule has 3 rings (SSSR count). The molecule has 1 fully saturated rings. The van der Waals surface area contributed by atoms with E-state index in [9.17, 15) is 9.18 Å². The standard InChI is InChI=1S/C22H26FNO4/c1-26-19-12-17(13-20(27-2)21(19)28-3)22(25)24-11-5-4-6-16(14-24)15-7-9-18(23)10-8-15/h7-10,12-13,16H,4-6,11,14H2,1-3H3/t16-/m0/s1. The van der Waals surface area contributed by atoms with E-state index in [4.69, 9.17) is 14.2 Å². The van der Waals surface area contributed by atoms with Gasteiger partial charge in [0.2, 0.25) is 5.75 Å². The van der Waals surface area contributed by atoms with Crippen molar-refractivity contribution in [2.45, 2.75) is 25.2 Å². The van der Waals surface area contributed by atoms with Crippen LogP contribution in [0.4, 0.5) is 4.39 Å². The molecule has 0 saturated carbocycles. The lowest BCUT2D eigenvalue weighted by Gasteiger charge is -2.25. The molecule has 1 heterocycles. The number of carbonyl (C=O) groups is 1. The molecule has 1 amide bonds. The highest BCUT2D eigenvalue weighted by atomic mass is 19.1. The van der Waals surface area contributed by atoms with Gasteiger partial charge in [0.15, 0.2) is 11.5 Å². The largest absolute Gasteiger partial charge is 0.493 e. The van der Waals surface area contributed by atoms with Gasteiger partial charge in [-0.2, -0.15) is 0 Å². The highest BCUT2D eigenvalue weighted by Gasteiger charge is 2.26. The van der Waals surface area contributed by atoms with Crippen LogP contribution in [0.1, 0.15) is 41.1 Å². The van der Waals surface area contributed by atoms with Gasteiger partial charge in [-0.25, -0.2) is 4.39 Å². The van der Waals surface area contributed by atoms with Gasteiger partial charge >= 0.3 is 0 Å². The SMILES string of the molecule is COc1cc(C(=O)N2CCCC[C@H](c3ccc(F)cc3)C2)cc(OC)c1OC. The van der Waals surface area contributed by atoms with Crippen LogP contribution in [0.15, 0.2) is 36.4 Å². The third-order valence-corrected chi connectivity index (χ3v) is 5.21. The van der Waals surface area contributed by atoms with Crippen molar-refractivity contribution in [1.29, 1.82) is 0 Å². The lowest BCUT2D eigenvalue weighted by molar-refractivity contribution is 0.0753. The Balaban J connectivity index is 1.87. The number of benzene rings is 2. The number of methoxy groups -OCH3 is 3. The Labute approximate surface area is 165 Å². The summed E-state index contributed by atoms with van der Waals surface area (Å²) in [6, 6.07) is 9.95. The summed E-state index contributed by atoms with van der Waals surface area (Å²) in [5.41, 5.74) is 1.56. The average molecular weight is 387 g/mol. The van der Waals surface area contributed by atoms with Crippen LogP contribution in [0.25, 0.3) is 0 Å². The summed E-state index contributed by atoms with van der Waals surface area (Å²) in [6.07, 6.45) is 2.94. The van der Waals surface area contributed by atoms with E-state index in [0.717, 1.165) is 24.8 Å². The first-order valence-electron chi connectivity index (χ1n) is 9.42. The summed E-state index contributed by atoms with van der Waals surface area (Å²) in [7, 11) is 4.59. The van der Waals surface area contributed by atoms with E-state index < -0.39 is 0 Å². The topological polar surface area (TPSA) is 48.0 Å². The van der Waals surface area contributed by atoms with Crippen LogP contribution in [0.2, 0.25) is 0 Å². The van der Waals surface area contributed by atoms with Crippen LogP contribution in [0.5, 0.6) is 17.2 Å². The Morgan fingerprint density at radius 3 is 2.21 bits per heavy atom. The summed E-state index contributed by atoms with van der Waals surface area (Å²) in [5.74, 6) is 1.23. The van der Waals surface area contributed by atoms with Crippen molar-refractivity contribution in [3.63, 3.8) is 0 Å². The molecule has 1 aliphatic heterocycles. The average Bonchev–Trinajstić information content (AvgIpc) is 2.99. The van der Waals surface area contributed by atoms with Gasteiger partial charge in [-0.1, -0.05) is 18.6 Å². The summed E-state index contributed by atoms with van der Waals surface area (Å²) in [5, 5.41) is 0. The number of nitrogens with zero attached hydrogens (tertiary/aromatic N) is 1. The molecule has 28 heavy (non-hydrogen) atoms. The first-order valence-corrected chi connectivity index (χ1v) is 9.42. The van der Waals surface area contributed by atoms with E-state index in [1.807, 2.05) is 17.0 Å². The maximum Gasteiger partial charge on any atom is 0.254 e. The molecule has 1 aliphatic rings. The Morgan fingerprint density at radius 2 is 1.64 bits per heavy atom. The monoisotopic (exact) mass is 387 g/mol. The van der Waals surface area contributed by atoms with Crippen molar-refractivity contribution in [3.05, 3.63) is 53.3 Å². The minimum atomic E-state index is -0.247. The van der Waals surface area contributed by atoms with Gasteiger partial charge in [0.05, 0.1) is 21.3 Å². The van der Waals surface area contributed by atoms with Crippen molar-refractivity contribution in [2.75, 3.05) is 34.4 Å². The van der Waals surface area contributed by atoms with Crippen molar-refractivity contribution >= 4 is 5.91 Å². The molecule has 0 unspecified atom stereocenters.